The van der Waals surface area contributed by atoms with Gasteiger partial charge in [-0.25, -0.2) is 0 Å². The smallest absolute Gasteiger partial charge is 0.265 e. The summed E-state index contributed by atoms with van der Waals surface area (Å²) in [5.74, 6) is -0.221. The van der Waals surface area contributed by atoms with Crippen LogP contribution in [0.25, 0.3) is 10.2 Å². The number of ether oxygens (including phenoxy) is 1. The minimum Gasteiger partial charge on any atom is -0.378 e. The summed E-state index contributed by atoms with van der Waals surface area (Å²) in [6.07, 6.45) is 0. The maximum atomic E-state index is 12.9. The molecule has 2 aromatic carbocycles. The van der Waals surface area contributed by atoms with E-state index in [4.69, 9.17) is 16.3 Å². The molecule has 1 saturated heterocycles. The molecule has 2 amide bonds. The molecule has 0 bridgehead atoms. The number of hydrogen-bond acceptors (Lipinski definition) is 5. The van der Waals surface area contributed by atoms with Crippen LogP contribution in [-0.2, 0) is 11.3 Å². The van der Waals surface area contributed by atoms with Gasteiger partial charge >= 0.3 is 0 Å². The van der Waals surface area contributed by atoms with Crippen LogP contribution in [0.15, 0.2) is 54.6 Å². The number of benzene rings is 2. The van der Waals surface area contributed by atoms with Crippen LogP contribution in [0.5, 0.6) is 0 Å². The molecule has 0 spiro atoms. The molecule has 3 heterocycles. The zero-order chi connectivity index (χ0) is 23.7. The van der Waals surface area contributed by atoms with Crippen LogP contribution >= 0.6 is 22.9 Å². The second kappa shape index (κ2) is 9.58. The van der Waals surface area contributed by atoms with Gasteiger partial charge in [0.15, 0.2) is 0 Å². The van der Waals surface area contributed by atoms with Crippen molar-refractivity contribution in [1.29, 1.82) is 0 Å². The van der Waals surface area contributed by atoms with E-state index in [1.165, 1.54) is 11.3 Å². The van der Waals surface area contributed by atoms with E-state index in [2.05, 4.69) is 10.4 Å². The van der Waals surface area contributed by atoms with Gasteiger partial charge in [-0.05, 0) is 48.9 Å². The molecule has 1 aliphatic heterocycles. The van der Waals surface area contributed by atoms with Crippen LogP contribution in [0.3, 0.4) is 0 Å². The zero-order valence-corrected chi connectivity index (χ0v) is 20.2. The van der Waals surface area contributed by atoms with E-state index < -0.39 is 0 Å². The summed E-state index contributed by atoms with van der Waals surface area (Å²) in [6.45, 7) is 4.77. The van der Waals surface area contributed by atoms with Crippen LogP contribution in [-0.4, -0.2) is 52.8 Å². The lowest BCUT2D eigenvalue weighted by atomic mass is 10.1. The molecule has 0 saturated carbocycles. The number of morpholine rings is 1. The van der Waals surface area contributed by atoms with Crippen molar-refractivity contribution in [1.82, 2.24) is 14.7 Å². The summed E-state index contributed by atoms with van der Waals surface area (Å²) in [5.41, 5.74) is 3.07. The number of nitrogens with zero attached hydrogens (tertiary/aromatic N) is 3. The van der Waals surface area contributed by atoms with Gasteiger partial charge < -0.3 is 15.0 Å². The summed E-state index contributed by atoms with van der Waals surface area (Å²) in [4.78, 5) is 28.9. The molecule has 1 fully saturated rings. The van der Waals surface area contributed by atoms with Gasteiger partial charge in [-0.3, -0.25) is 14.3 Å². The lowest BCUT2D eigenvalue weighted by molar-refractivity contribution is 0.0303. The Balaban J connectivity index is 1.31. The molecular formula is C25H23ClN4O3S. The summed E-state index contributed by atoms with van der Waals surface area (Å²) in [5, 5.41) is 9.20. The summed E-state index contributed by atoms with van der Waals surface area (Å²) >= 11 is 7.72. The van der Waals surface area contributed by atoms with Gasteiger partial charge in [-0.1, -0.05) is 29.8 Å². The Kier molecular flexibility index (Phi) is 6.36. The number of carbonyl (C=O) groups excluding carboxylic acids is 2. The molecule has 9 heteroatoms. The number of nitrogens with one attached hydrogen (secondary N) is 1. The zero-order valence-electron chi connectivity index (χ0n) is 18.6. The minimum absolute atomic E-state index is 0.0239. The fourth-order valence-corrected chi connectivity index (χ4v) is 5.21. The Morgan fingerprint density at radius 3 is 2.59 bits per heavy atom. The molecule has 5 rings (SSSR count). The van der Waals surface area contributed by atoms with Crippen LogP contribution in [0.1, 0.15) is 31.3 Å². The number of hydrogen-bond donors (Lipinski definition) is 1. The molecule has 0 radical (unpaired) electrons. The van der Waals surface area contributed by atoms with Gasteiger partial charge in [-0.15, -0.1) is 11.3 Å². The highest BCUT2D eigenvalue weighted by Gasteiger charge is 2.20. The van der Waals surface area contributed by atoms with Crippen LogP contribution in [0.4, 0.5) is 5.69 Å². The molecule has 174 valence electrons. The van der Waals surface area contributed by atoms with Crippen LogP contribution < -0.4 is 5.32 Å². The fraction of sp³-hybridized carbons (Fsp3) is 0.240. The Hall–Kier alpha value is -3.20. The van der Waals surface area contributed by atoms with E-state index in [0.717, 1.165) is 21.5 Å². The van der Waals surface area contributed by atoms with E-state index in [-0.39, 0.29) is 11.8 Å². The monoisotopic (exact) mass is 494 g/mol. The van der Waals surface area contributed by atoms with Crippen molar-refractivity contribution in [3.05, 3.63) is 81.3 Å². The van der Waals surface area contributed by atoms with Gasteiger partial charge in [0, 0.05) is 34.7 Å². The molecule has 1 aliphatic rings. The predicted molar refractivity (Wildman–Crippen MR) is 134 cm³/mol. The molecule has 0 unspecified atom stereocenters. The average Bonchev–Trinajstić information content (AvgIpc) is 3.42. The van der Waals surface area contributed by atoms with Crippen LogP contribution in [0, 0.1) is 6.92 Å². The Labute approximate surface area is 205 Å². The highest BCUT2D eigenvalue weighted by molar-refractivity contribution is 7.20. The lowest BCUT2D eigenvalue weighted by Crippen LogP contribution is -2.40. The van der Waals surface area contributed by atoms with Crippen LogP contribution in [0.2, 0.25) is 5.02 Å². The molecule has 0 atom stereocenters. The number of halogens is 1. The topological polar surface area (TPSA) is 76.5 Å². The highest BCUT2D eigenvalue weighted by atomic mass is 35.5. The maximum absolute atomic E-state index is 12.9. The third kappa shape index (κ3) is 4.57. The van der Waals surface area contributed by atoms with Gasteiger partial charge in [-0.2, -0.15) is 5.10 Å². The average molecular weight is 495 g/mol. The normalized spacial score (nSPS) is 13.9. The fourth-order valence-electron chi connectivity index (χ4n) is 3.96. The van der Waals surface area contributed by atoms with Gasteiger partial charge in [0.05, 0.1) is 30.3 Å². The predicted octanol–water partition coefficient (Wildman–Crippen LogP) is 4.83. The summed E-state index contributed by atoms with van der Waals surface area (Å²) in [6, 6.07) is 16.5. The third-order valence-electron chi connectivity index (χ3n) is 5.80. The van der Waals surface area contributed by atoms with E-state index in [0.29, 0.717) is 54.0 Å². The van der Waals surface area contributed by atoms with Gasteiger partial charge in [0.25, 0.3) is 11.8 Å². The second-order valence-electron chi connectivity index (χ2n) is 8.10. The van der Waals surface area contributed by atoms with Crippen molar-refractivity contribution >= 4 is 50.7 Å². The number of aromatic nitrogens is 2. The van der Waals surface area contributed by atoms with Crippen molar-refractivity contribution in [3.8, 4) is 0 Å². The number of aryl methyl sites for hydroxylation is 1. The molecule has 34 heavy (non-hydrogen) atoms. The number of thiophene rings is 1. The first-order valence-corrected chi connectivity index (χ1v) is 12.2. The molecule has 1 N–H and O–H groups in total. The number of anilines is 1. The van der Waals surface area contributed by atoms with Crippen molar-refractivity contribution in [3.63, 3.8) is 0 Å². The van der Waals surface area contributed by atoms with E-state index >= 15 is 0 Å². The highest BCUT2D eigenvalue weighted by Crippen LogP contribution is 2.30. The lowest BCUT2D eigenvalue weighted by Gasteiger charge is -2.26. The van der Waals surface area contributed by atoms with E-state index in [1.807, 2.05) is 41.9 Å². The first-order valence-electron chi connectivity index (χ1n) is 11.0. The minimum atomic E-state index is -0.197. The Bertz CT molecular complexity index is 1360. The molecule has 4 aromatic rings. The number of carbonyl (C=O) groups is 2. The maximum Gasteiger partial charge on any atom is 0.265 e. The number of rotatable bonds is 5. The SMILES string of the molecule is Cc1nn(Cc2ccccc2Cl)c2sc(C(=O)Nc3ccc(C(=O)N4CCOCC4)cc3)cc12. The summed E-state index contributed by atoms with van der Waals surface area (Å²) in [7, 11) is 0. The first-order chi connectivity index (χ1) is 16.5. The van der Waals surface area contributed by atoms with E-state index in [1.54, 1.807) is 29.2 Å². The Morgan fingerprint density at radius 1 is 1.12 bits per heavy atom. The van der Waals surface area contributed by atoms with Gasteiger partial charge in [0.2, 0.25) is 0 Å². The molecule has 0 aliphatic carbocycles. The summed E-state index contributed by atoms with van der Waals surface area (Å²) < 4.78 is 7.19. The molecular weight excluding hydrogens is 472 g/mol. The van der Waals surface area contributed by atoms with Gasteiger partial charge in [0.1, 0.15) is 4.83 Å². The van der Waals surface area contributed by atoms with Crippen molar-refractivity contribution in [2.45, 2.75) is 13.5 Å². The van der Waals surface area contributed by atoms with Crippen molar-refractivity contribution < 1.29 is 14.3 Å². The number of amides is 2. The number of fused-ring (bicyclic) bond motifs is 1. The third-order valence-corrected chi connectivity index (χ3v) is 7.31. The quantitative estimate of drug-likeness (QED) is 0.431. The standard InChI is InChI=1S/C25H23ClN4O3S/c1-16-20-14-22(34-25(20)30(28-16)15-18-4-2-3-5-21(18)26)23(31)27-19-8-6-17(7-9-19)24(32)29-10-12-33-13-11-29/h2-9,14H,10-13,15H2,1H3,(H,27,31). The first kappa shape index (κ1) is 22.6. The molecule has 7 nitrogen and oxygen atoms in total. The van der Waals surface area contributed by atoms with E-state index in [9.17, 15) is 9.59 Å². The molecule has 2 aromatic heterocycles. The second-order valence-corrected chi connectivity index (χ2v) is 9.54. The Morgan fingerprint density at radius 2 is 1.85 bits per heavy atom. The largest absolute Gasteiger partial charge is 0.378 e. The van der Waals surface area contributed by atoms with Crippen molar-refractivity contribution in [2.24, 2.45) is 0 Å². The van der Waals surface area contributed by atoms with Crippen molar-refractivity contribution in [2.75, 3.05) is 31.6 Å².